The van der Waals surface area contributed by atoms with Gasteiger partial charge < -0.3 is 0 Å². The molecule has 0 unspecified atom stereocenters. The van der Waals surface area contributed by atoms with Crippen molar-refractivity contribution in [2.45, 2.75) is 0 Å². The molecule has 0 aliphatic heterocycles. The molecule has 0 fully saturated rings. The molecule has 11 rings (SSSR count). The highest BCUT2D eigenvalue weighted by Crippen LogP contribution is 2.45. The van der Waals surface area contributed by atoms with E-state index >= 15 is 0 Å². The Labute approximate surface area is 289 Å². The quantitative estimate of drug-likeness (QED) is 0.170. The second-order valence-corrected chi connectivity index (χ2v) is 13.7. The summed E-state index contributed by atoms with van der Waals surface area (Å²) in [6.07, 6.45) is 0. The summed E-state index contributed by atoms with van der Waals surface area (Å²) < 4.78 is 0. The Morgan fingerprint density at radius 2 is 0.700 bits per heavy atom. The minimum absolute atomic E-state index is 1.23. The van der Waals surface area contributed by atoms with Crippen LogP contribution >= 0.6 is 0 Å². The van der Waals surface area contributed by atoms with Gasteiger partial charge in [0.25, 0.3) is 0 Å². The monoisotopic (exact) mass is 630 g/mol. The SMILES string of the molecule is c1ccc2cc(-c3ccc4c(-c5ccc6c(ccc7ccccc76)c5)c(-c5ccc6ccc7cccc8ccc5c6c78)ccc4c3)ccc2c1. The van der Waals surface area contributed by atoms with Gasteiger partial charge >= 0.3 is 0 Å². The molecule has 0 aliphatic carbocycles. The third-order valence-electron chi connectivity index (χ3n) is 11.0. The summed E-state index contributed by atoms with van der Waals surface area (Å²) in [5, 5.41) is 18.0. The van der Waals surface area contributed by atoms with Crippen molar-refractivity contribution in [1.29, 1.82) is 0 Å². The Morgan fingerprint density at radius 3 is 1.58 bits per heavy atom. The van der Waals surface area contributed by atoms with Crippen LogP contribution in [0.2, 0.25) is 0 Å². The van der Waals surface area contributed by atoms with E-state index in [1.807, 2.05) is 0 Å². The molecule has 0 saturated heterocycles. The van der Waals surface area contributed by atoms with E-state index < -0.39 is 0 Å². The van der Waals surface area contributed by atoms with Gasteiger partial charge in [0.1, 0.15) is 0 Å². The molecule has 0 bridgehead atoms. The second-order valence-electron chi connectivity index (χ2n) is 13.7. The molecule has 0 aliphatic rings. The lowest BCUT2D eigenvalue weighted by molar-refractivity contribution is 1.64. The Morgan fingerprint density at radius 1 is 0.220 bits per heavy atom. The molecule has 230 valence electrons. The maximum atomic E-state index is 2.40. The molecule has 11 aromatic rings. The van der Waals surface area contributed by atoms with Crippen molar-refractivity contribution in [2.24, 2.45) is 0 Å². The van der Waals surface area contributed by atoms with Gasteiger partial charge in [-0.15, -0.1) is 0 Å². The third-order valence-corrected chi connectivity index (χ3v) is 11.0. The fourth-order valence-corrected chi connectivity index (χ4v) is 8.55. The van der Waals surface area contributed by atoms with Crippen LogP contribution in [0.15, 0.2) is 182 Å². The summed E-state index contributed by atoms with van der Waals surface area (Å²) in [5.41, 5.74) is 7.50. The highest BCUT2D eigenvalue weighted by atomic mass is 14.2. The van der Waals surface area contributed by atoms with E-state index in [-0.39, 0.29) is 0 Å². The van der Waals surface area contributed by atoms with Gasteiger partial charge in [-0.25, -0.2) is 0 Å². The van der Waals surface area contributed by atoms with Gasteiger partial charge in [0.15, 0.2) is 0 Å². The van der Waals surface area contributed by atoms with Crippen molar-refractivity contribution in [3.8, 4) is 33.4 Å². The van der Waals surface area contributed by atoms with Crippen LogP contribution < -0.4 is 0 Å². The molecule has 50 heavy (non-hydrogen) atoms. The average molecular weight is 631 g/mol. The molecule has 0 amide bonds. The first-order valence-electron chi connectivity index (χ1n) is 17.4. The molecular weight excluding hydrogens is 601 g/mol. The van der Waals surface area contributed by atoms with Crippen LogP contribution in [0.5, 0.6) is 0 Å². The largest absolute Gasteiger partial charge is 0.0616 e. The minimum atomic E-state index is 1.23. The zero-order valence-electron chi connectivity index (χ0n) is 27.3. The van der Waals surface area contributed by atoms with Gasteiger partial charge in [-0.3, -0.25) is 0 Å². The van der Waals surface area contributed by atoms with E-state index in [0.29, 0.717) is 0 Å². The summed E-state index contributed by atoms with van der Waals surface area (Å²) in [5.74, 6) is 0. The molecule has 0 atom stereocenters. The topological polar surface area (TPSA) is 0 Å². The van der Waals surface area contributed by atoms with E-state index in [2.05, 4.69) is 182 Å². The van der Waals surface area contributed by atoms with Crippen molar-refractivity contribution in [3.63, 3.8) is 0 Å². The lowest BCUT2D eigenvalue weighted by Gasteiger charge is -2.19. The van der Waals surface area contributed by atoms with Gasteiger partial charge in [0.2, 0.25) is 0 Å². The van der Waals surface area contributed by atoms with Gasteiger partial charge in [-0.05, 0) is 127 Å². The van der Waals surface area contributed by atoms with E-state index in [0.717, 1.165) is 0 Å². The predicted octanol–water partition coefficient (Wildman–Crippen LogP) is 14.2. The Hall–Kier alpha value is -6.50. The number of rotatable bonds is 3. The van der Waals surface area contributed by atoms with Crippen LogP contribution in [0.25, 0.3) is 109 Å². The maximum Gasteiger partial charge on any atom is -0.00206 e. The summed E-state index contributed by atoms with van der Waals surface area (Å²) >= 11 is 0. The van der Waals surface area contributed by atoms with Crippen molar-refractivity contribution >= 4 is 75.4 Å². The molecule has 0 nitrogen and oxygen atoms in total. The smallest absolute Gasteiger partial charge is 0.00206 e. The fourth-order valence-electron chi connectivity index (χ4n) is 8.55. The standard InChI is InChI=1S/C50H30/c1-2-8-36-28-37(16-12-31(36)6-1)38-20-24-44-40(29-38)21-27-46(49(44)41-22-23-43-39(30-41)17-13-32-7-3-4-11-42(32)43)45-25-18-35-15-14-33-9-5-10-34-19-26-47(45)50(35)48(33)34/h1-30H. The number of benzene rings is 11. The van der Waals surface area contributed by atoms with Crippen LogP contribution in [-0.4, -0.2) is 0 Å². The first kappa shape index (κ1) is 27.5. The first-order chi connectivity index (χ1) is 24.8. The van der Waals surface area contributed by atoms with Gasteiger partial charge in [-0.1, -0.05) is 164 Å². The summed E-state index contributed by atoms with van der Waals surface area (Å²) in [6.45, 7) is 0. The molecule has 0 aromatic heterocycles. The van der Waals surface area contributed by atoms with Gasteiger partial charge in [0, 0.05) is 0 Å². The van der Waals surface area contributed by atoms with E-state index in [9.17, 15) is 0 Å². The predicted molar refractivity (Wildman–Crippen MR) is 216 cm³/mol. The average Bonchev–Trinajstić information content (AvgIpc) is 3.19. The second kappa shape index (κ2) is 10.5. The zero-order chi connectivity index (χ0) is 32.8. The summed E-state index contributed by atoms with van der Waals surface area (Å²) in [7, 11) is 0. The molecule has 0 saturated carbocycles. The van der Waals surface area contributed by atoms with Crippen molar-refractivity contribution < 1.29 is 0 Å². The molecular formula is C50H30. The fraction of sp³-hybridized carbons (Fsp3) is 0. The molecule has 11 aromatic carbocycles. The van der Waals surface area contributed by atoms with Crippen LogP contribution in [0.1, 0.15) is 0 Å². The molecule has 0 radical (unpaired) electrons. The normalized spacial score (nSPS) is 12.0. The summed E-state index contributed by atoms with van der Waals surface area (Å²) in [6, 6.07) is 67.8. The van der Waals surface area contributed by atoms with Crippen LogP contribution in [0.3, 0.4) is 0 Å². The number of fused-ring (bicyclic) bond motifs is 5. The van der Waals surface area contributed by atoms with E-state index in [1.54, 1.807) is 0 Å². The zero-order valence-corrected chi connectivity index (χ0v) is 27.3. The van der Waals surface area contributed by atoms with Crippen molar-refractivity contribution in [1.82, 2.24) is 0 Å². The number of hydrogen-bond acceptors (Lipinski definition) is 0. The number of hydrogen-bond donors (Lipinski definition) is 0. The lowest BCUT2D eigenvalue weighted by Crippen LogP contribution is -1.92. The molecule has 0 heteroatoms. The van der Waals surface area contributed by atoms with Crippen LogP contribution in [0, 0.1) is 0 Å². The minimum Gasteiger partial charge on any atom is -0.0616 e. The Kier molecular flexibility index (Phi) is 5.76. The first-order valence-corrected chi connectivity index (χ1v) is 17.4. The highest BCUT2D eigenvalue weighted by Gasteiger charge is 2.18. The molecule has 0 N–H and O–H groups in total. The maximum absolute atomic E-state index is 2.40. The molecule has 0 heterocycles. The highest BCUT2D eigenvalue weighted by molar-refractivity contribution is 6.26. The molecule has 0 spiro atoms. The van der Waals surface area contributed by atoms with E-state index in [4.69, 9.17) is 0 Å². The Bertz CT molecular complexity index is 3130. The summed E-state index contributed by atoms with van der Waals surface area (Å²) in [4.78, 5) is 0. The van der Waals surface area contributed by atoms with Gasteiger partial charge in [0.05, 0.1) is 0 Å². The Balaban J connectivity index is 1.19. The van der Waals surface area contributed by atoms with Crippen molar-refractivity contribution in [2.75, 3.05) is 0 Å². The lowest BCUT2D eigenvalue weighted by atomic mass is 9.84. The van der Waals surface area contributed by atoms with Crippen LogP contribution in [-0.2, 0) is 0 Å². The van der Waals surface area contributed by atoms with Crippen LogP contribution in [0.4, 0.5) is 0 Å². The van der Waals surface area contributed by atoms with E-state index in [1.165, 1.54) is 109 Å². The van der Waals surface area contributed by atoms with Crippen molar-refractivity contribution in [3.05, 3.63) is 182 Å². The van der Waals surface area contributed by atoms with Gasteiger partial charge in [-0.2, -0.15) is 0 Å². The third kappa shape index (κ3) is 4.06.